The Kier molecular flexibility index (Phi) is 4.14. The number of hydrogen-bond donors (Lipinski definition) is 1. The molecule has 3 heteroatoms. The van der Waals surface area contributed by atoms with E-state index in [4.69, 9.17) is 0 Å². The Balaban J connectivity index is 2.57. The second-order valence-electron chi connectivity index (χ2n) is 4.01. The molecule has 1 N–H and O–H groups in total. The molecular weight excluding hydrogens is 176 g/mol. The highest BCUT2D eigenvalue weighted by atomic mass is 16.3. The summed E-state index contributed by atoms with van der Waals surface area (Å²) in [4.78, 5) is 0. The van der Waals surface area contributed by atoms with E-state index in [1.807, 2.05) is 10.9 Å². The van der Waals surface area contributed by atoms with Gasteiger partial charge in [-0.2, -0.15) is 5.10 Å². The van der Waals surface area contributed by atoms with Crippen molar-refractivity contribution >= 4 is 0 Å². The molecule has 0 aromatic carbocycles. The number of rotatable bonds is 5. The molecule has 14 heavy (non-hydrogen) atoms. The van der Waals surface area contributed by atoms with Crippen LogP contribution in [0.3, 0.4) is 0 Å². The maximum atomic E-state index is 9.79. The van der Waals surface area contributed by atoms with Crippen molar-refractivity contribution in [2.45, 2.75) is 52.2 Å². The average Bonchev–Trinajstić information content (AvgIpc) is 2.62. The first-order valence-corrected chi connectivity index (χ1v) is 5.37. The molecular formula is C11H20N2O. The third-order valence-corrected chi connectivity index (χ3v) is 2.37. The van der Waals surface area contributed by atoms with Gasteiger partial charge in [-0.05, 0) is 20.3 Å². The van der Waals surface area contributed by atoms with E-state index in [1.165, 1.54) is 0 Å². The van der Waals surface area contributed by atoms with Crippen LogP contribution in [0.4, 0.5) is 0 Å². The van der Waals surface area contributed by atoms with Gasteiger partial charge in [0.2, 0.25) is 0 Å². The number of hydrogen-bond acceptors (Lipinski definition) is 2. The van der Waals surface area contributed by atoms with Crippen molar-refractivity contribution < 1.29 is 5.11 Å². The third-order valence-electron chi connectivity index (χ3n) is 2.37. The lowest BCUT2D eigenvalue weighted by Gasteiger charge is -2.07. The normalized spacial score (nSPS) is 13.5. The molecule has 0 radical (unpaired) electrons. The largest absolute Gasteiger partial charge is 0.388 e. The van der Waals surface area contributed by atoms with Gasteiger partial charge in [-0.1, -0.05) is 19.8 Å². The summed E-state index contributed by atoms with van der Waals surface area (Å²) in [7, 11) is 0. The average molecular weight is 196 g/mol. The van der Waals surface area contributed by atoms with Crippen molar-refractivity contribution in [1.82, 2.24) is 9.78 Å². The lowest BCUT2D eigenvalue weighted by Crippen LogP contribution is -2.00. The van der Waals surface area contributed by atoms with E-state index in [0.717, 1.165) is 24.8 Å². The zero-order chi connectivity index (χ0) is 10.6. The van der Waals surface area contributed by atoms with Crippen LogP contribution >= 0.6 is 0 Å². The van der Waals surface area contributed by atoms with Gasteiger partial charge < -0.3 is 5.11 Å². The number of unbranched alkanes of at least 4 members (excludes halogenated alkanes) is 1. The number of nitrogens with zero attached hydrogens (tertiary/aromatic N) is 2. The molecule has 0 aliphatic carbocycles. The van der Waals surface area contributed by atoms with Gasteiger partial charge in [0.15, 0.2) is 0 Å². The molecule has 1 aromatic rings. The van der Waals surface area contributed by atoms with Crippen LogP contribution in [0.5, 0.6) is 0 Å². The van der Waals surface area contributed by atoms with Crippen molar-refractivity contribution in [2.24, 2.45) is 0 Å². The Bertz CT molecular complexity index is 268. The van der Waals surface area contributed by atoms with Crippen molar-refractivity contribution in [2.75, 3.05) is 0 Å². The van der Waals surface area contributed by atoms with E-state index in [2.05, 4.69) is 25.9 Å². The minimum Gasteiger partial charge on any atom is -0.388 e. The van der Waals surface area contributed by atoms with Crippen molar-refractivity contribution in [3.05, 3.63) is 18.0 Å². The summed E-state index contributed by atoms with van der Waals surface area (Å²) < 4.78 is 1.88. The topological polar surface area (TPSA) is 38.1 Å². The number of aromatic nitrogens is 2. The molecule has 0 spiro atoms. The minimum absolute atomic E-state index is 0.345. The Morgan fingerprint density at radius 1 is 1.50 bits per heavy atom. The van der Waals surface area contributed by atoms with Crippen LogP contribution in [-0.2, 0) is 0 Å². The van der Waals surface area contributed by atoms with Gasteiger partial charge in [0, 0.05) is 17.8 Å². The molecule has 1 heterocycles. The molecule has 3 nitrogen and oxygen atoms in total. The highest BCUT2D eigenvalue weighted by molar-refractivity contribution is 5.08. The van der Waals surface area contributed by atoms with Gasteiger partial charge in [-0.15, -0.1) is 0 Å². The summed E-state index contributed by atoms with van der Waals surface area (Å²) in [5.74, 6) is 0. The lowest BCUT2D eigenvalue weighted by molar-refractivity contribution is 0.164. The molecule has 1 aromatic heterocycles. The number of aliphatic hydroxyl groups is 1. The molecule has 1 unspecified atom stereocenters. The summed E-state index contributed by atoms with van der Waals surface area (Å²) in [5, 5.41) is 14.0. The Hall–Kier alpha value is -0.830. The first kappa shape index (κ1) is 11.2. The molecule has 0 aliphatic rings. The Morgan fingerprint density at radius 3 is 2.71 bits per heavy atom. The second-order valence-corrected chi connectivity index (χ2v) is 4.01. The highest BCUT2D eigenvalue weighted by Crippen LogP contribution is 2.19. The van der Waals surface area contributed by atoms with E-state index >= 15 is 0 Å². The number of aliphatic hydroxyl groups excluding tert-OH is 1. The summed E-state index contributed by atoms with van der Waals surface area (Å²) in [6, 6.07) is 0.363. The zero-order valence-corrected chi connectivity index (χ0v) is 9.27. The summed E-state index contributed by atoms with van der Waals surface area (Å²) in [6.07, 6.45) is 6.37. The van der Waals surface area contributed by atoms with Crippen LogP contribution in [0.1, 0.15) is 57.7 Å². The quantitative estimate of drug-likeness (QED) is 0.786. The molecule has 0 fully saturated rings. The van der Waals surface area contributed by atoms with E-state index < -0.39 is 0 Å². The fourth-order valence-electron chi connectivity index (χ4n) is 1.37. The van der Waals surface area contributed by atoms with E-state index in [1.54, 1.807) is 6.20 Å². The van der Waals surface area contributed by atoms with Crippen LogP contribution in [0.15, 0.2) is 12.4 Å². The maximum Gasteiger partial charge on any atom is 0.0820 e. The first-order chi connectivity index (χ1) is 6.65. The standard InChI is InChI=1S/C11H20N2O/c1-4-5-6-11(14)10-7-12-13(8-10)9(2)3/h7-9,11,14H,4-6H2,1-3H3. The maximum absolute atomic E-state index is 9.79. The van der Waals surface area contributed by atoms with Crippen LogP contribution in [0, 0.1) is 0 Å². The molecule has 0 aliphatic heterocycles. The van der Waals surface area contributed by atoms with Gasteiger partial charge in [0.05, 0.1) is 12.3 Å². The van der Waals surface area contributed by atoms with E-state index in [-0.39, 0.29) is 6.10 Å². The van der Waals surface area contributed by atoms with Gasteiger partial charge >= 0.3 is 0 Å². The van der Waals surface area contributed by atoms with Crippen LogP contribution < -0.4 is 0 Å². The van der Waals surface area contributed by atoms with Crippen LogP contribution in [0.25, 0.3) is 0 Å². The van der Waals surface area contributed by atoms with Gasteiger partial charge in [-0.3, -0.25) is 4.68 Å². The van der Waals surface area contributed by atoms with E-state index in [0.29, 0.717) is 6.04 Å². The van der Waals surface area contributed by atoms with Crippen LogP contribution in [0.2, 0.25) is 0 Å². The molecule has 0 saturated carbocycles. The highest BCUT2D eigenvalue weighted by Gasteiger charge is 2.10. The molecule has 1 rings (SSSR count). The van der Waals surface area contributed by atoms with Crippen molar-refractivity contribution in [1.29, 1.82) is 0 Å². The molecule has 1 atom stereocenters. The molecule has 80 valence electrons. The Labute approximate surface area is 85.8 Å². The molecule has 0 amide bonds. The van der Waals surface area contributed by atoms with Crippen molar-refractivity contribution in [3.8, 4) is 0 Å². The second kappa shape index (κ2) is 5.15. The summed E-state index contributed by atoms with van der Waals surface area (Å²) in [6.45, 7) is 6.29. The van der Waals surface area contributed by atoms with Gasteiger partial charge in [0.1, 0.15) is 0 Å². The minimum atomic E-state index is -0.345. The predicted molar refractivity (Wildman–Crippen MR) is 57.1 cm³/mol. The molecule has 0 bridgehead atoms. The summed E-state index contributed by atoms with van der Waals surface area (Å²) in [5.41, 5.74) is 0.937. The third kappa shape index (κ3) is 2.84. The SMILES string of the molecule is CCCCC(O)c1cnn(C(C)C)c1. The monoisotopic (exact) mass is 196 g/mol. The van der Waals surface area contributed by atoms with E-state index in [9.17, 15) is 5.11 Å². The fourth-order valence-corrected chi connectivity index (χ4v) is 1.37. The predicted octanol–water partition coefficient (Wildman–Crippen LogP) is 2.69. The Morgan fingerprint density at radius 2 is 2.21 bits per heavy atom. The zero-order valence-electron chi connectivity index (χ0n) is 9.27. The van der Waals surface area contributed by atoms with Gasteiger partial charge in [0.25, 0.3) is 0 Å². The summed E-state index contributed by atoms with van der Waals surface area (Å²) >= 11 is 0. The van der Waals surface area contributed by atoms with Crippen molar-refractivity contribution in [3.63, 3.8) is 0 Å². The lowest BCUT2D eigenvalue weighted by atomic mass is 10.1. The first-order valence-electron chi connectivity index (χ1n) is 5.37. The fraction of sp³-hybridized carbons (Fsp3) is 0.727. The smallest absolute Gasteiger partial charge is 0.0820 e. The molecule has 0 saturated heterocycles. The van der Waals surface area contributed by atoms with Gasteiger partial charge in [-0.25, -0.2) is 0 Å². The van der Waals surface area contributed by atoms with Crippen LogP contribution in [-0.4, -0.2) is 14.9 Å².